The van der Waals surface area contributed by atoms with Crippen molar-refractivity contribution in [2.24, 2.45) is 0 Å². The van der Waals surface area contributed by atoms with Gasteiger partial charge in [-0.1, -0.05) is 30.3 Å². The molecule has 2 aliphatic heterocycles. The lowest BCUT2D eigenvalue weighted by molar-refractivity contribution is -0.134. The third-order valence-corrected chi connectivity index (χ3v) is 4.93. The first kappa shape index (κ1) is 16.9. The lowest BCUT2D eigenvalue weighted by Gasteiger charge is -2.38. The molecule has 0 radical (unpaired) electrons. The molecule has 1 aromatic carbocycles. The zero-order valence-corrected chi connectivity index (χ0v) is 14.1. The number of hydrogen-bond donors (Lipinski definition) is 0. The monoisotopic (exact) mass is 327 g/mol. The summed E-state index contributed by atoms with van der Waals surface area (Å²) in [6.07, 6.45) is 3.76. The van der Waals surface area contributed by atoms with Crippen molar-refractivity contribution in [1.29, 1.82) is 5.26 Å². The fourth-order valence-electron chi connectivity index (χ4n) is 3.49. The molecule has 0 saturated carbocycles. The van der Waals surface area contributed by atoms with Crippen molar-refractivity contribution in [3.05, 3.63) is 35.9 Å². The van der Waals surface area contributed by atoms with Gasteiger partial charge in [-0.25, -0.2) is 0 Å². The summed E-state index contributed by atoms with van der Waals surface area (Å²) >= 11 is 0. The number of ether oxygens (including phenoxy) is 1. The number of carbonyl (C=O) groups excluding carboxylic acids is 1. The second-order valence-electron chi connectivity index (χ2n) is 6.61. The Kier molecular flexibility index (Phi) is 5.84. The average molecular weight is 327 g/mol. The van der Waals surface area contributed by atoms with Crippen LogP contribution >= 0.6 is 0 Å². The largest absolute Gasteiger partial charge is 0.378 e. The van der Waals surface area contributed by atoms with E-state index in [9.17, 15) is 10.1 Å². The highest BCUT2D eigenvalue weighted by molar-refractivity contribution is 5.76. The number of nitriles is 1. The molecule has 0 bridgehead atoms. The maximum Gasteiger partial charge on any atom is 0.222 e. The first-order valence-corrected chi connectivity index (χ1v) is 8.83. The smallest absolute Gasteiger partial charge is 0.222 e. The van der Waals surface area contributed by atoms with E-state index in [-0.39, 0.29) is 18.1 Å². The Morgan fingerprint density at radius 1 is 1.29 bits per heavy atom. The first-order valence-electron chi connectivity index (χ1n) is 8.83. The van der Waals surface area contributed by atoms with E-state index < -0.39 is 0 Å². The van der Waals surface area contributed by atoms with E-state index in [1.54, 1.807) is 0 Å². The van der Waals surface area contributed by atoms with Crippen LogP contribution in [0.5, 0.6) is 0 Å². The molecule has 0 aliphatic carbocycles. The van der Waals surface area contributed by atoms with E-state index in [4.69, 9.17) is 4.74 Å². The maximum atomic E-state index is 12.4. The first-order chi connectivity index (χ1) is 11.8. The van der Waals surface area contributed by atoms with E-state index in [1.807, 2.05) is 23.1 Å². The van der Waals surface area contributed by atoms with Gasteiger partial charge in [-0.05, 0) is 24.8 Å². The minimum Gasteiger partial charge on any atom is -0.378 e. The van der Waals surface area contributed by atoms with Crippen molar-refractivity contribution in [2.45, 2.75) is 44.4 Å². The van der Waals surface area contributed by atoms with Crippen molar-refractivity contribution in [2.75, 3.05) is 26.2 Å². The van der Waals surface area contributed by atoms with Gasteiger partial charge >= 0.3 is 0 Å². The molecule has 1 aromatic rings. The molecule has 3 rings (SSSR count). The lowest BCUT2D eigenvalue weighted by atomic mass is 10.1. The third kappa shape index (κ3) is 4.34. The molecule has 0 unspecified atom stereocenters. The minimum atomic E-state index is -0.231. The van der Waals surface area contributed by atoms with Crippen molar-refractivity contribution < 1.29 is 9.53 Å². The quantitative estimate of drug-likeness (QED) is 0.832. The molecule has 128 valence electrons. The Bertz CT molecular complexity index is 578. The van der Waals surface area contributed by atoms with Gasteiger partial charge in [0.05, 0.1) is 12.2 Å². The third-order valence-electron chi connectivity index (χ3n) is 4.93. The van der Waals surface area contributed by atoms with Gasteiger partial charge in [-0.3, -0.25) is 9.69 Å². The van der Waals surface area contributed by atoms with Gasteiger partial charge in [0, 0.05) is 39.2 Å². The predicted octanol–water partition coefficient (Wildman–Crippen LogP) is 2.18. The fraction of sp³-hybridized carbons (Fsp3) is 0.579. The van der Waals surface area contributed by atoms with Gasteiger partial charge in [-0.2, -0.15) is 5.26 Å². The number of nitrogens with zero attached hydrogens (tertiary/aromatic N) is 3. The topological polar surface area (TPSA) is 56.6 Å². The number of rotatable bonds is 5. The minimum absolute atomic E-state index is 0.158. The lowest BCUT2D eigenvalue weighted by Crippen LogP contribution is -2.53. The summed E-state index contributed by atoms with van der Waals surface area (Å²) in [5.74, 6) is 0.158. The molecule has 2 aliphatic rings. The standard InChI is InChI=1S/C19H25N3O2/c20-13-17-15-22(19(23)9-8-18-7-4-12-24-18)11-10-21(17)14-16-5-2-1-3-6-16/h1-3,5-6,17-18H,4,7-12,14-15H2/t17-,18+/m1/s1. The van der Waals surface area contributed by atoms with Crippen molar-refractivity contribution in [1.82, 2.24) is 9.80 Å². The van der Waals surface area contributed by atoms with E-state index in [2.05, 4.69) is 23.1 Å². The Balaban J connectivity index is 1.50. The van der Waals surface area contributed by atoms with Crippen molar-refractivity contribution in [3.8, 4) is 6.07 Å². The van der Waals surface area contributed by atoms with Crippen LogP contribution in [0.4, 0.5) is 0 Å². The van der Waals surface area contributed by atoms with Crippen LogP contribution in [0, 0.1) is 11.3 Å². The summed E-state index contributed by atoms with van der Waals surface area (Å²) in [5, 5.41) is 9.49. The Hall–Kier alpha value is -1.90. The number of benzene rings is 1. The van der Waals surface area contributed by atoms with E-state index in [1.165, 1.54) is 5.56 Å². The maximum absolute atomic E-state index is 12.4. The summed E-state index contributed by atoms with van der Waals surface area (Å²) in [6, 6.07) is 12.3. The molecule has 5 heteroatoms. The Morgan fingerprint density at radius 2 is 2.12 bits per heavy atom. The highest BCUT2D eigenvalue weighted by Gasteiger charge is 2.29. The summed E-state index contributed by atoms with van der Waals surface area (Å²) in [4.78, 5) is 16.4. The van der Waals surface area contributed by atoms with E-state index >= 15 is 0 Å². The molecular formula is C19H25N3O2. The van der Waals surface area contributed by atoms with Gasteiger partial charge in [0.1, 0.15) is 6.04 Å². The van der Waals surface area contributed by atoms with Crippen LogP contribution in [0.2, 0.25) is 0 Å². The summed E-state index contributed by atoms with van der Waals surface area (Å²) in [6.45, 7) is 3.55. The van der Waals surface area contributed by atoms with Gasteiger partial charge in [0.15, 0.2) is 0 Å². The van der Waals surface area contributed by atoms with Crippen molar-refractivity contribution in [3.63, 3.8) is 0 Å². The van der Waals surface area contributed by atoms with Crippen LogP contribution in [0.3, 0.4) is 0 Å². The van der Waals surface area contributed by atoms with Gasteiger partial charge in [0.25, 0.3) is 0 Å². The average Bonchev–Trinajstić information content (AvgIpc) is 3.14. The number of amides is 1. The second-order valence-corrected chi connectivity index (χ2v) is 6.61. The van der Waals surface area contributed by atoms with Crippen LogP contribution in [0.15, 0.2) is 30.3 Å². The molecule has 1 amide bonds. The van der Waals surface area contributed by atoms with Crippen molar-refractivity contribution >= 4 is 5.91 Å². The molecule has 5 nitrogen and oxygen atoms in total. The van der Waals surface area contributed by atoms with Gasteiger partial charge in [-0.15, -0.1) is 0 Å². The molecule has 2 fully saturated rings. The SMILES string of the molecule is N#C[C@@H]1CN(C(=O)CC[C@@H]2CCCO2)CCN1Cc1ccccc1. The Morgan fingerprint density at radius 3 is 2.83 bits per heavy atom. The molecule has 0 spiro atoms. The highest BCUT2D eigenvalue weighted by Crippen LogP contribution is 2.19. The molecule has 2 heterocycles. The molecule has 2 atom stereocenters. The summed E-state index contributed by atoms with van der Waals surface area (Å²) < 4.78 is 5.59. The normalized spacial score (nSPS) is 24.7. The fourth-order valence-corrected chi connectivity index (χ4v) is 3.49. The number of hydrogen-bond acceptors (Lipinski definition) is 4. The molecule has 24 heavy (non-hydrogen) atoms. The molecular weight excluding hydrogens is 302 g/mol. The van der Waals surface area contributed by atoms with E-state index in [0.717, 1.165) is 39.0 Å². The number of piperazine rings is 1. The Labute approximate surface area is 143 Å². The van der Waals surface area contributed by atoms with Crippen LogP contribution < -0.4 is 0 Å². The van der Waals surface area contributed by atoms with Crippen LogP contribution in [-0.2, 0) is 16.1 Å². The van der Waals surface area contributed by atoms with Crippen LogP contribution in [0.1, 0.15) is 31.2 Å². The summed E-state index contributed by atoms with van der Waals surface area (Å²) in [5.41, 5.74) is 1.20. The number of carbonyl (C=O) groups is 1. The zero-order valence-electron chi connectivity index (χ0n) is 14.1. The van der Waals surface area contributed by atoms with Gasteiger partial charge < -0.3 is 9.64 Å². The van der Waals surface area contributed by atoms with Crippen LogP contribution in [-0.4, -0.2) is 54.1 Å². The highest BCUT2D eigenvalue weighted by atomic mass is 16.5. The summed E-state index contributed by atoms with van der Waals surface area (Å²) in [7, 11) is 0. The van der Waals surface area contributed by atoms with Gasteiger partial charge in [0.2, 0.25) is 5.91 Å². The zero-order chi connectivity index (χ0) is 16.8. The predicted molar refractivity (Wildman–Crippen MR) is 91.0 cm³/mol. The van der Waals surface area contributed by atoms with E-state index in [0.29, 0.717) is 19.5 Å². The van der Waals surface area contributed by atoms with Crippen LogP contribution in [0.25, 0.3) is 0 Å². The second kappa shape index (κ2) is 8.27. The molecule has 2 saturated heterocycles. The molecule has 0 aromatic heterocycles. The molecule has 0 N–H and O–H groups in total.